The summed E-state index contributed by atoms with van der Waals surface area (Å²) in [4.78, 5) is 29.3. The van der Waals surface area contributed by atoms with Crippen LogP contribution in [0.25, 0.3) is 16.6 Å². The van der Waals surface area contributed by atoms with Crippen LogP contribution < -0.4 is 21.3 Å². The van der Waals surface area contributed by atoms with Gasteiger partial charge in [-0.1, -0.05) is 30.3 Å². The Morgan fingerprint density at radius 3 is 2.45 bits per heavy atom. The van der Waals surface area contributed by atoms with E-state index < -0.39 is 17.2 Å². The molecular formula is C25H21N5O3. The van der Waals surface area contributed by atoms with Crippen LogP contribution in [0.3, 0.4) is 0 Å². The Bertz CT molecular complexity index is 1600. The molecule has 0 spiro atoms. The normalized spacial score (nSPS) is 15.2. The number of allylic oxidation sites excluding steroid dienone is 1. The van der Waals surface area contributed by atoms with Crippen molar-refractivity contribution in [2.45, 2.75) is 5.92 Å². The minimum Gasteiger partial charge on any atom is -0.497 e. The third-order valence-electron chi connectivity index (χ3n) is 6.22. The molecule has 5 rings (SSSR count). The third-order valence-corrected chi connectivity index (χ3v) is 6.22. The molecule has 0 amide bonds. The van der Waals surface area contributed by atoms with Gasteiger partial charge < -0.3 is 15.0 Å². The van der Waals surface area contributed by atoms with E-state index in [1.54, 1.807) is 26.3 Å². The van der Waals surface area contributed by atoms with Gasteiger partial charge in [-0.3, -0.25) is 13.9 Å². The first-order valence-electron chi connectivity index (χ1n) is 10.4. The number of nitrogens with one attached hydrogen (secondary N) is 2. The number of methoxy groups -OCH3 is 1. The first-order chi connectivity index (χ1) is 16.0. The molecule has 8 heteroatoms. The third kappa shape index (κ3) is 2.97. The lowest BCUT2D eigenvalue weighted by atomic mass is 9.81. The quantitative estimate of drug-likeness (QED) is 0.511. The van der Waals surface area contributed by atoms with E-state index in [9.17, 15) is 14.9 Å². The number of para-hydroxylation sites is 1. The lowest BCUT2D eigenvalue weighted by molar-refractivity contribution is 0.414. The Morgan fingerprint density at radius 1 is 1.03 bits per heavy atom. The van der Waals surface area contributed by atoms with Crippen LogP contribution in [0.15, 0.2) is 69.9 Å². The number of aromatic nitrogens is 3. The fourth-order valence-electron chi connectivity index (χ4n) is 4.50. The summed E-state index contributed by atoms with van der Waals surface area (Å²) in [5, 5.41) is 14.5. The zero-order chi connectivity index (χ0) is 23.3. The van der Waals surface area contributed by atoms with Crippen LogP contribution >= 0.6 is 0 Å². The van der Waals surface area contributed by atoms with Gasteiger partial charge in [0.05, 0.1) is 35.9 Å². The first kappa shape index (κ1) is 20.4. The van der Waals surface area contributed by atoms with Gasteiger partial charge in [0, 0.05) is 36.8 Å². The maximum Gasteiger partial charge on any atom is 0.332 e. The van der Waals surface area contributed by atoms with Crippen LogP contribution in [0.2, 0.25) is 0 Å². The van der Waals surface area contributed by atoms with E-state index >= 15 is 0 Å². The van der Waals surface area contributed by atoms with Crippen molar-refractivity contribution in [2.75, 3.05) is 12.4 Å². The second kappa shape index (κ2) is 7.57. The summed E-state index contributed by atoms with van der Waals surface area (Å²) in [6.45, 7) is 0. The Labute approximate surface area is 189 Å². The molecule has 164 valence electrons. The highest BCUT2D eigenvalue weighted by atomic mass is 16.5. The van der Waals surface area contributed by atoms with E-state index in [1.165, 1.54) is 11.6 Å². The summed E-state index contributed by atoms with van der Waals surface area (Å²) in [5.74, 6) is 0.384. The van der Waals surface area contributed by atoms with Crippen molar-refractivity contribution >= 4 is 22.4 Å². The number of rotatable bonds is 3. The predicted octanol–water partition coefficient (Wildman–Crippen LogP) is 3.07. The molecule has 0 fully saturated rings. The number of ether oxygens (including phenoxy) is 1. The minimum absolute atomic E-state index is 0.352. The average Bonchev–Trinajstić information content (AvgIpc) is 3.29. The van der Waals surface area contributed by atoms with E-state index in [1.807, 2.05) is 42.6 Å². The monoisotopic (exact) mass is 439 g/mol. The summed E-state index contributed by atoms with van der Waals surface area (Å²) in [6, 6.07) is 17.4. The van der Waals surface area contributed by atoms with Gasteiger partial charge in [0.2, 0.25) is 0 Å². The molecule has 1 aliphatic heterocycles. The average molecular weight is 439 g/mol. The second-order valence-electron chi connectivity index (χ2n) is 7.95. The van der Waals surface area contributed by atoms with Crippen LogP contribution in [-0.2, 0) is 14.1 Å². The topological polar surface area (TPSA) is 105 Å². The van der Waals surface area contributed by atoms with Crippen LogP contribution in [0.5, 0.6) is 5.75 Å². The van der Waals surface area contributed by atoms with Gasteiger partial charge in [0.25, 0.3) is 5.56 Å². The first-order valence-corrected chi connectivity index (χ1v) is 10.4. The molecular weight excluding hydrogens is 418 g/mol. The molecule has 2 aromatic heterocycles. The highest BCUT2D eigenvalue weighted by Gasteiger charge is 2.35. The van der Waals surface area contributed by atoms with E-state index in [4.69, 9.17) is 4.74 Å². The number of nitriles is 1. The summed E-state index contributed by atoms with van der Waals surface area (Å²) in [7, 11) is 4.64. The molecule has 4 aromatic rings. The van der Waals surface area contributed by atoms with Crippen LogP contribution in [-0.4, -0.2) is 21.2 Å². The Kier molecular flexibility index (Phi) is 4.68. The van der Waals surface area contributed by atoms with Gasteiger partial charge >= 0.3 is 5.69 Å². The van der Waals surface area contributed by atoms with Crippen LogP contribution in [0, 0.1) is 11.3 Å². The van der Waals surface area contributed by atoms with Crippen LogP contribution in [0.1, 0.15) is 22.6 Å². The number of benzene rings is 2. The van der Waals surface area contributed by atoms with Crippen LogP contribution in [0.4, 0.5) is 5.82 Å². The number of aromatic amines is 1. The second-order valence-corrected chi connectivity index (χ2v) is 7.95. The molecule has 1 unspecified atom stereocenters. The SMILES string of the molecule is COc1ccc(C2C(C#N)=C(c3c[nH]c4ccccc34)Nc3c2c(=O)n(C)c(=O)n3C)cc1. The molecule has 1 aliphatic rings. The molecule has 2 N–H and O–H groups in total. The molecule has 2 aromatic carbocycles. The largest absolute Gasteiger partial charge is 0.497 e. The number of fused-ring (bicyclic) bond motifs is 2. The van der Waals surface area contributed by atoms with Crippen molar-refractivity contribution < 1.29 is 4.74 Å². The van der Waals surface area contributed by atoms with Gasteiger partial charge in [-0.2, -0.15) is 5.26 Å². The number of hydrogen-bond acceptors (Lipinski definition) is 5. The number of anilines is 1. The van der Waals surface area contributed by atoms with Gasteiger partial charge in [-0.05, 0) is 23.8 Å². The lowest BCUT2D eigenvalue weighted by Crippen LogP contribution is -2.42. The fraction of sp³-hybridized carbons (Fsp3) is 0.160. The van der Waals surface area contributed by atoms with E-state index in [2.05, 4.69) is 16.4 Å². The molecule has 0 saturated heterocycles. The van der Waals surface area contributed by atoms with Gasteiger partial charge in [-0.15, -0.1) is 0 Å². The zero-order valence-corrected chi connectivity index (χ0v) is 18.3. The smallest absolute Gasteiger partial charge is 0.332 e. The van der Waals surface area contributed by atoms with Crippen molar-refractivity contribution in [1.29, 1.82) is 5.26 Å². The fourth-order valence-corrected chi connectivity index (χ4v) is 4.50. The molecule has 3 heterocycles. The highest BCUT2D eigenvalue weighted by molar-refractivity contribution is 5.98. The van der Waals surface area contributed by atoms with Gasteiger partial charge in [0.1, 0.15) is 11.6 Å². The maximum absolute atomic E-state index is 13.3. The van der Waals surface area contributed by atoms with E-state index in [-0.39, 0.29) is 0 Å². The number of H-pyrrole nitrogens is 1. The van der Waals surface area contributed by atoms with Crippen molar-refractivity contribution in [2.24, 2.45) is 14.1 Å². The van der Waals surface area contributed by atoms with Gasteiger partial charge in [0.15, 0.2) is 0 Å². The Morgan fingerprint density at radius 2 is 1.76 bits per heavy atom. The molecule has 0 saturated carbocycles. The molecule has 1 atom stereocenters. The minimum atomic E-state index is -0.661. The highest BCUT2D eigenvalue weighted by Crippen LogP contribution is 2.43. The van der Waals surface area contributed by atoms with Crippen molar-refractivity contribution in [3.63, 3.8) is 0 Å². The number of nitrogens with zero attached hydrogens (tertiary/aromatic N) is 3. The van der Waals surface area contributed by atoms with E-state index in [0.29, 0.717) is 28.4 Å². The molecule has 0 aliphatic carbocycles. The van der Waals surface area contributed by atoms with Gasteiger partial charge in [-0.25, -0.2) is 4.79 Å². The lowest BCUT2D eigenvalue weighted by Gasteiger charge is -2.30. The van der Waals surface area contributed by atoms with Crippen molar-refractivity contribution in [1.82, 2.24) is 14.1 Å². The maximum atomic E-state index is 13.3. The predicted molar refractivity (Wildman–Crippen MR) is 126 cm³/mol. The molecule has 0 radical (unpaired) electrons. The molecule has 8 nitrogen and oxygen atoms in total. The summed E-state index contributed by atoms with van der Waals surface area (Å²) in [5.41, 5.74) is 2.89. The summed E-state index contributed by atoms with van der Waals surface area (Å²) < 4.78 is 7.77. The standard InChI is InChI=1S/C25H21N5O3/c1-29-23-21(24(31)30(2)25(29)32)20(14-8-10-15(33-3)11-9-14)17(12-26)22(28-23)18-13-27-19-7-5-4-6-16(18)19/h4-11,13,20,27-28H,1-3H3. The zero-order valence-electron chi connectivity index (χ0n) is 18.3. The summed E-state index contributed by atoms with van der Waals surface area (Å²) >= 11 is 0. The van der Waals surface area contributed by atoms with Crippen molar-refractivity contribution in [3.8, 4) is 11.8 Å². The number of hydrogen-bond donors (Lipinski definition) is 2. The van der Waals surface area contributed by atoms with E-state index in [0.717, 1.165) is 26.6 Å². The molecule has 0 bridgehead atoms. The Hall–Kier alpha value is -4.51. The van der Waals surface area contributed by atoms with Crippen molar-refractivity contribution in [3.05, 3.63) is 97.8 Å². The summed E-state index contributed by atoms with van der Waals surface area (Å²) in [6.07, 6.45) is 1.83. The molecule has 33 heavy (non-hydrogen) atoms. The Balaban J connectivity index is 1.87.